The molecule has 3 aliphatic heterocycles. The van der Waals surface area contributed by atoms with Crippen LogP contribution in [0.4, 0.5) is 0 Å². The van der Waals surface area contributed by atoms with Crippen LogP contribution in [-0.2, 0) is 27.3 Å². The average Bonchev–Trinajstić information content (AvgIpc) is 3.16. The van der Waals surface area contributed by atoms with E-state index in [1.165, 1.54) is 0 Å². The van der Waals surface area contributed by atoms with E-state index >= 15 is 0 Å². The van der Waals surface area contributed by atoms with Gasteiger partial charge in [0.15, 0.2) is 0 Å². The Morgan fingerprint density at radius 3 is 2.79 bits per heavy atom. The van der Waals surface area contributed by atoms with Gasteiger partial charge in [-0.1, -0.05) is 19.0 Å². The fraction of sp³-hybridized carbons (Fsp3) is 0.714. The van der Waals surface area contributed by atoms with Crippen LogP contribution < -0.4 is 0 Å². The first-order valence-corrected chi connectivity index (χ1v) is 10.7. The summed E-state index contributed by atoms with van der Waals surface area (Å²) < 4.78 is 5.04. The summed E-state index contributed by atoms with van der Waals surface area (Å²) in [4.78, 5) is 44.7. The zero-order valence-corrected chi connectivity index (χ0v) is 17.1. The molecule has 1 saturated carbocycles. The minimum absolute atomic E-state index is 0.0130. The predicted octanol–water partition coefficient (Wildman–Crippen LogP) is 1.20. The van der Waals surface area contributed by atoms with E-state index in [1.807, 2.05) is 23.6 Å². The molecule has 0 radical (unpaired) electrons. The molecule has 156 valence electrons. The molecule has 5 rings (SSSR count). The fourth-order valence-electron chi connectivity index (χ4n) is 5.39. The number of nitrogens with zero attached hydrogens (tertiary/aromatic N) is 4. The lowest BCUT2D eigenvalue weighted by molar-refractivity contribution is -0.151. The van der Waals surface area contributed by atoms with Gasteiger partial charge in [0, 0.05) is 36.5 Å². The molecule has 4 aliphatic rings. The second-order valence-electron chi connectivity index (χ2n) is 9.32. The molecule has 2 saturated heterocycles. The minimum Gasteiger partial charge on any atom is -0.364 e. The molecule has 29 heavy (non-hydrogen) atoms. The molecule has 0 spiro atoms. The topological polar surface area (TPSA) is 87.0 Å². The van der Waals surface area contributed by atoms with Crippen molar-refractivity contribution in [2.75, 3.05) is 19.6 Å². The fourth-order valence-corrected chi connectivity index (χ4v) is 5.39. The van der Waals surface area contributed by atoms with Crippen molar-refractivity contribution in [3.05, 3.63) is 17.5 Å². The summed E-state index contributed by atoms with van der Waals surface area (Å²) in [6.45, 7) is 5.88. The Morgan fingerprint density at radius 1 is 1.28 bits per heavy atom. The number of hydrogen-bond acceptors (Lipinski definition) is 5. The molecular weight excluding hydrogens is 372 g/mol. The summed E-state index contributed by atoms with van der Waals surface area (Å²) in [5.74, 6) is -0.00911. The van der Waals surface area contributed by atoms with Crippen LogP contribution in [0.25, 0.3) is 0 Å². The molecule has 0 unspecified atom stereocenters. The quantitative estimate of drug-likeness (QED) is 0.761. The van der Waals surface area contributed by atoms with Crippen molar-refractivity contribution in [3.63, 3.8) is 0 Å². The van der Waals surface area contributed by atoms with Crippen LogP contribution in [0.15, 0.2) is 10.8 Å². The standard InChI is InChI=1S/C21H28N4O4/c1-3-17-15(19(27)23-7-4-16-13(9-23)12-29-22-16)8-14-10-24(11-18(26)25(14)17)20(28)21(2)5-6-21/h12,14-15,17H,3-11H2,1-2H3/t14-,15-,17-/m0/s1. The molecule has 3 atom stereocenters. The van der Waals surface area contributed by atoms with Crippen molar-refractivity contribution in [1.29, 1.82) is 0 Å². The Bertz CT molecular complexity index is 861. The Kier molecular flexibility index (Phi) is 4.22. The van der Waals surface area contributed by atoms with Gasteiger partial charge in [-0.25, -0.2) is 0 Å². The first-order valence-electron chi connectivity index (χ1n) is 10.7. The van der Waals surface area contributed by atoms with Crippen LogP contribution >= 0.6 is 0 Å². The molecule has 0 bridgehead atoms. The second-order valence-corrected chi connectivity index (χ2v) is 9.32. The molecule has 1 aliphatic carbocycles. The van der Waals surface area contributed by atoms with E-state index in [2.05, 4.69) is 5.16 Å². The highest BCUT2D eigenvalue weighted by molar-refractivity contribution is 5.91. The predicted molar refractivity (Wildman–Crippen MR) is 102 cm³/mol. The van der Waals surface area contributed by atoms with Crippen LogP contribution in [0.3, 0.4) is 0 Å². The van der Waals surface area contributed by atoms with Gasteiger partial charge in [-0.05, 0) is 25.7 Å². The van der Waals surface area contributed by atoms with Crippen LogP contribution in [0.1, 0.15) is 50.8 Å². The number of rotatable bonds is 3. The van der Waals surface area contributed by atoms with E-state index in [-0.39, 0.29) is 47.7 Å². The van der Waals surface area contributed by atoms with E-state index < -0.39 is 0 Å². The summed E-state index contributed by atoms with van der Waals surface area (Å²) in [6, 6.07) is -0.143. The lowest BCUT2D eigenvalue weighted by Gasteiger charge is -2.40. The van der Waals surface area contributed by atoms with Crippen molar-refractivity contribution < 1.29 is 18.9 Å². The van der Waals surface area contributed by atoms with Crippen LogP contribution in [-0.4, -0.2) is 69.3 Å². The molecule has 0 aromatic carbocycles. The monoisotopic (exact) mass is 400 g/mol. The molecular formula is C21H28N4O4. The normalized spacial score (nSPS) is 30.2. The Balaban J connectivity index is 1.33. The number of carbonyl (C=O) groups excluding carboxylic acids is 3. The molecule has 1 aromatic rings. The van der Waals surface area contributed by atoms with E-state index in [0.717, 1.165) is 30.5 Å². The van der Waals surface area contributed by atoms with Crippen molar-refractivity contribution in [2.24, 2.45) is 11.3 Å². The Labute approximate surface area is 170 Å². The van der Waals surface area contributed by atoms with Gasteiger partial charge in [0.1, 0.15) is 6.26 Å². The lowest BCUT2D eigenvalue weighted by atomic mass is 9.94. The number of hydrogen-bond donors (Lipinski definition) is 0. The van der Waals surface area contributed by atoms with Gasteiger partial charge in [-0.2, -0.15) is 0 Å². The summed E-state index contributed by atoms with van der Waals surface area (Å²) >= 11 is 0. The Hall–Kier alpha value is -2.38. The highest BCUT2D eigenvalue weighted by Gasteiger charge is 2.53. The summed E-state index contributed by atoms with van der Waals surface area (Å²) in [5.41, 5.74) is 1.63. The zero-order chi connectivity index (χ0) is 20.3. The molecule has 8 nitrogen and oxygen atoms in total. The van der Waals surface area contributed by atoms with Gasteiger partial charge in [0.05, 0.1) is 30.7 Å². The van der Waals surface area contributed by atoms with Crippen molar-refractivity contribution >= 4 is 17.7 Å². The van der Waals surface area contributed by atoms with Crippen LogP contribution in [0.2, 0.25) is 0 Å². The summed E-state index contributed by atoms with van der Waals surface area (Å²) in [7, 11) is 0. The average molecular weight is 400 g/mol. The maximum atomic E-state index is 13.4. The van der Waals surface area contributed by atoms with Gasteiger partial charge < -0.3 is 19.2 Å². The van der Waals surface area contributed by atoms with Crippen molar-refractivity contribution in [2.45, 2.75) is 64.6 Å². The largest absolute Gasteiger partial charge is 0.364 e. The zero-order valence-electron chi connectivity index (χ0n) is 17.1. The smallest absolute Gasteiger partial charge is 0.242 e. The highest BCUT2D eigenvalue weighted by Crippen LogP contribution is 2.47. The van der Waals surface area contributed by atoms with Gasteiger partial charge in [-0.15, -0.1) is 0 Å². The van der Waals surface area contributed by atoms with Crippen LogP contribution in [0.5, 0.6) is 0 Å². The first-order chi connectivity index (χ1) is 13.9. The second kappa shape index (κ2) is 6.57. The third-order valence-corrected chi connectivity index (χ3v) is 7.35. The third kappa shape index (κ3) is 2.95. The van der Waals surface area contributed by atoms with Crippen molar-refractivity contribution in [3.8, 4) is 0 Å². The molecule has 1 aromatic heterocycles. The van der Waals surface area contributed by atoms with Crippen molar-refractivity contribution in [1.82, 2.24) is 19.9 Å². The molecule has 3 fully saturated rings. The van der Waals surface area contributed by atoms with E-state index in [9.17, 15) is 14.4 Å². The van der Waals surface area contributed by atoms with E-state index in [0.29, 0.717) is 32.5 Å². The van der Waals surface area contributed by atoms with Crippen LogP contribution in [0, 0.1) is 11.3 Å². The molecule has 3 amide bonds. The van der Waals surface area contributed by atoms with Gasteiger partial charge in [0.2, 0.25) is 17.7 Å². The van der Waals surface area contributed by atoms with Gasteiger partial charge in [-0.3, -0.25) is 14.4 Å². The maximum absolute atomic E-state index is 13.4. The number of piperazine rings is 1. The summed E-state index contributed by atoms with van der Waals surface area (Å²) in [6.07, 6.45) is 5.52. The van der Waals surface area contributed by atoms with E-state index in [1.54, 1.807) is 11.2 Å². The molecule has 0 N–H and O–H groups in total. The van der Waals surface area contributed by atoms with E-state index in [4.69, 9.17) is 4.52 Å². The van der Waals surface area contributed by atoms with Gasteiger partial charge >= 0.3 is 0 Å². The Morgan fingerprint density at radius 2 is 2.07 bits per heavy atom. The van der Waals surface area contributed by atoms with Gasteiger partial charge in [0.25, 0.3) is 0 Å². The minimum atomic E-state index is -0.273. The summed E-state index contributed by atoms with van der Waals surface area (Å²) in [5, 5.41) is 3.99. The molecule has 8 heteroatoms. The molecule has 4 heterocycles. The lowest BCUT2D eigenvalue weighted by Crippen LogP contribution is -2.58. The third-order valence-electron chi connectivity index (χ3n) is 7.35. The number of fused-ring (bicyclic) bond motifs is 2. The number of amides is 3. The SMILES string of the molecule is CC[C@H]1[C@@H](C(=O)N2CCc3nocc3C2)C[C@H]2CN(C(=O)C3(C)CC3)CC(=O)N21. The maximum Gasteiger partial charge on any atom is 0.242 e. The highest BCUT2D eigenvalue weighted by atomic mass is 16.5. The first kappa shape index (κ1) is 18.6. The number of carbonyl (C=O) groups is 3. The number of aromatic nitrogens is 1.